The number of nitrogens with one attached hydrogen (secondary N) is 3. The van der Waals surface area contributed by atoms with Crippen LogP contribution in [-0.2, 0) is 24.3 Å². The van der Waals surface area contributed by atoms with Crippen LogP contribution in [0.5, 0.6) is 0 Å². The van der Waals surface area contributed by atoms with Crippen molar-refractivity contribution in [1.29, 1.82) is 0 Å². The summed E-state index contributed by atoms with van der Waals surface area (Å²) in [5, 5.41) is 6.00. The first-order chi connectivity index (χ1) is 14.2. The highest BCUT2D eigenvalue weighted by Crippen LogP contribution is 2.21. The summed E-state index contributed by atoms with van der Waals surface area (Å²) in [6.07, 6.45) is 0.382. The molecule has 0 radical (unpaired) electrons. The molecular weight excluding hydrogens is 414 g/mol. The van der Waals surface area contributed by atoms with Gasteiger partial charge >= 0.3 is 6.03 Å². The second-order valence-electron chi connectivity index (χ2n) is 7.19. The molecule has 3 rings (SSSR count). The second kappa shape index (κ2) is 8.58. The van der Waals surface area contributed by atoms with E-state index in [2.05, 4.69) is 16.1 Å². The number of benzene rings is 1. The number of anilines is 1. The molecule has 1 atom stereocenters. The standard InChI is InChI=1S/C18H25N5O6S/c1-3-18(2)16(25)23(17(26)20-18)21-15(24)12-19-13-5-4-6-14(11-13)30(27,28)22-7-9-29-10-8-22/h4-6,11,19H,3,7-10,12H2,1-2H3,(H,20,26)(H,21,24). The first-order valence-corrected chi connectivity index (χ1v) is 11.0. The number of hydrazine groups is 1. The second-order valence-corrected chi connectivity index (χ2v) is 9.13. The summed E-state index contributed by atoms with van der Waals surface area (Å²) in [6.45, 7) is 4.33. The monoisotopic (exact) mass is 439 g/mol. The summed E-state index contributed by atoms with van der Waals surface area (Å²) in [5.74, 6) is -1.16. The van der Waals surface area contributed by atoms with Gasteiger partial charge in [-0.05, 0) is 31.5 Å². The van der Waals surface area contributed by atoms with Crippen molar-refractivity contribution >= 4 is 33.6 Å². The summed E-state index contributed by atoms with van der Waals surface area (Å²) in [4.78, 5) is 36.6. The molecule has 2 heterocycles. The molecule has 0 aliphatic carbocycles. The van der Waals surface area contributed by atoms with Crippen LogP contribution in [-0.4, -0.2) is 74.0 Å². The van der Waals surface area contributed by atoms with Gasteiger partial charge in [0.15, 0.2) is 0 Å². The number of hydrogen-bond acceptors (Lipinski definition) is 7. The molecule has 11 nitrogen and oxygen atoms in total. The van der Waals surface area contributed by atoms with Crippen LogP contribution < -0.4 is 16.1 Å². The Morgan fingerprint density at radius 3 is 2.60 bits per heavy atom. The van der Waals surface area contributed by atoms with Crippen molar-refractivity contribution in [3.63, 3.8) is 0 Å². The molecule has 0 saturated carbocycles. The Hall–Kier alpha value is -2.70. The zero-order chi connectivity index (χ0) is 21.9. The maximum atomic E-state index is 12.7. The van der Waals surface area contributed by atoms with E-state index in [1.807, 2.05) is 0 Å². The van der Waals surface area contributed by atoms with Crippen LogP contribution in [0.4, 0.5) is 10.5 Å². The molecule has 30 heavy (non-hydrogen) atoms. The Morgan fingerprint density at radius 1 is 1.27 bits per heavy atom. The number of urea groups is 1. The van der Waals surface area contributed by atoms with E-state index in [1.165, 1.54) is 16.4 Å². The average molecular weight is 439 g/mol. The lowest BCUT2D eigenvalue weighted by molar-refractivity contribution is -0.138. The Labute approximate surface area is 174 Å². The van der Waals surface area contributed by atoms with Gasteiger partial charge in [-0.15, -0.1) is 0 Å². The Balaban J connectivity index is 1.61. The van der Waals surface area contributed by atoms with Crippen molar-refractivity contribution in [2.24, 2.45) is 0 Å². The maximum Gasteiger partial charge on any atom is 0.344 e. The van der Waals surface area contributed by atoms with Gasteiger partial charge in [0.05, 0.1) is 24.7 Å². The van der Waals surface area contributed by atoms with Gasteiger partial charge in [-0.1, -0.05) is 13.0 Å². The highest BCUT2D eigenvalue weighted by Gasteiger charge is 2.47. The number of sulfonamides is 1. The number of morpholine rings is 1. The van der Waals surface area contributed by atoms with E-state index >= 15 is 0 Å². The predicted molar refractivity (Wildman–Crippen MR) is 107 cm³/mol. The molecule has 2 saturated heterocycles. The highest BCUT2D eigenvalue weighted by molar-refractivity contribution is 7.89. The molecule has 3 N–H and O–H groups in total. The van der Waals surface area contributed by atoms with Crippen LogP contribution in [0.3, 0.4) is 0 Å². The maximum absolute atomic E-state index is 12.7. The lowest BCUT2D eigenvalue weighted by atomic mass is 10.00. The SMILES string of the molecule is CCC1(C)NC(=O)N(NC(=O)CNc2cccc(S(=O)(=O)N3CCOCC3)c2)C1=O. The lowest BCUT2D eigenvalue weighted by Crippen LogP contribution is -2.50. The minimum absolute atomic E-state index is 0.0996. The molecule has 2 fully saturated rings. The van der Waals surface area contributed by atoms with Gasteiger partial charge < -0.3 is 15.4 Å². The zero-order valence-electron chi connectivity index (χ0n) is 16.8. The van der Waals surface area contributed by atoms with E-state index in [1.54, 1.807) is 26.0 Å². The first-order valence-electron chi connectivity index (χ1n) is 9.55. The molecule has 1 aromatic carbocycles. The van der Waals surface area contributed by atoms with Gasteiger partial charge in [-0.3, -0.25) is 15.0 Å². The number of nitrogens with zero attached hydrogens (tertiary/aromatic N) is 2. The molecule has 0 aromatic heterocycles. The van der Waals surface area contributed by atoms with E-state index in [-0.39, 0.29) is 24.5 Å². The topological polar surface area (TPSA) is 137 Å². The third kappa shape index (κ3) is 4.40. The van der Waals surface area contributed by atoms with Crippen molar-refractivity contribution in [3.05, 3.63) is 24.3 Å². The van der Waals surface area contributed by atoms with Crippen molar-refractivity contribution in [3.8, 4) is 0 Å². The van der Waals surface area contributed by atoms with Crippen LogP contribution in [0.1, 0.15) is 20.3 Å². The summed E-state index contributed by atoms with van der Waals surface area (Å²) in [7, 11) is -3.67. The summed E-state index contributed by atoms with van der Waals surface area (Å²) in [6, 6.07) is 5.40. The van der Waals surface area contributed by atoms with Gasteiger partial charge in [0.1, 0.15) is 5.54 Å². The van der Waals surface area contributed by atoms with Crippen LogP contribution in [0, 0.1) is 0 Å². The van der Waals surface area contributed by atoms with Crippen LogP contribution in [0.2, 0.25) is 0 Å². The molecular formula is C18H25N5O6S. The van der Waals surface area contributed by atoms with E-state index in [4.69, 9.17) is 4.74 Å². The molecule has 12 heteroatoms. The quantitative estimate of drug-likeness (QED) is 0.503. The predicted octanol–water partition coefficient (Wildman–Crippen LogP) is -0.129. The zero-order valence-corrected chi connectivity index (χ0v) is 17.6. The van der Waals surface area contributed by atoms with Crippen molar-refractivity contribution < 1.29 is 27.5 Å². The normalized spacial score (nSPS) is 22.7. The fourth-order valence-corrected chi connectivity index (χ4v) is 4.53. The summed E-state index contributed by atoms with van der Waals surface area (Å²) in [5.41, 5.74) is 1.62. The molecule has 0 bridgehead atoms. The number of hydrogen-bond donors (Lipinski definition) is 3. The van der Waals surface area contributed by atoms with Crippen LogP contribution in [0.25, 0.3) is 0 Å². The van der Waals surface area contributed by atoms with Crippen molar-refractivity contribution in [2.75, 3.05) is 38.2 Å². The van der Waals surface area contributed by atoms with E-state index in [0.29, 0.717) is 30.3 Å². The van der Waals surface area contributed by atoms with E-state index < -0.39 is 33.4 Å². The third-order valence-corrected chi connectivity index (χ3v) is 6.99. The smallest absolute Gasteiger partial charge is 0.344 e. The number of ether oxygens (including phenoxy) is 1. The Morgan fingerprint density at radius 2 is 1.97 bits per heavy atom. The van der Waals surface area contributed by atoms with E-state index in [9.17, 15) is 22.8 Å². The summed E-state index contributed by atoms with van der Waals surface area (Å²) < 4.78 is 32.0. The number of amides is 4. The van der Waals surface area contributed by atoms with Crippen molar-refractivity contribution in [2.45, 2.75) is 30.7 Å². The van der Waals surface area contributed by atoms with Crippen LogP contribution >= 0.6 is 0 Å². The van der Waals surface area contributed by atoms with Gasteiger partial charge in [0.2, 0.25) is 10.0 Å². The Kier molecular flexibility index (Phi) is 6.29. The number of imide groups is 1. The molecule has 2 aliphatic heterocycles. The number of rotatable bonds is 7. The minimum Gasteiger partial charge on any atom is -0.379 e. The largest absolute Gasteiger partial charge is 0.379 e. The molecule has 164 valence electrons. The van der Waals surface area contributed by atoms with Crippen LogP contribution in [0.15, 0.2) is 29.2 Å². The lowest BCUT2D eigenvalue weighted by Gasteiger charge is -2.26. The minimum atomic E-state index is -3.67. The van der Waals surface area contributed by atoms with E-state index in [0.717, 1.165) is 0 Å². The number of carbonyl (C=O) groups excluding carboxylic acids is 3. The van der Waals surface area contributed by atoms with Crippen molar-refractivity contribution in [1.82, 2.24) is 20.1 Å². The molecule has 0 spiro atoms. The number of carbonyl (C=O) groups is 3. The average Bonchev–Trinajstić information content (AvgIpc) is 2.96. The fraction of sp³-hybridized carbons (Fsp3) is 0.500. The van der Waals surface area contributed by atoms with Gasteiger partial charge in [0, 0.05) is 18.8 Å². The van der Waals surface area contributed by atoms with Gasteiger partial charge in [-0.2, -0.15) is 9.31 Å². The summed E-state index contributed by atoms with van der Waals surface area (Å²) >= 11 is 0. The molecule has 2 aliphatic rings. The molecule has 1 unspecified atom stereocenters. The first kappa shape index (κ1) is 22.0. The highest BCUT2D eigenvalue weighted by atomic mass is 32.2. The Bertz CT molecular complexity index is 946. The van der Waals surface area contributed by atoms with Gasteiger partial charge in [0.25, 0.3) is 11.8 Å². The third-order valence-electron chi connectivity index (χ3n) is 5.10. The fourth-order valence-electron chi connectivity index (χ4n) is 3.07. The molecule has 1 aromatic rings. The van der Waals surface area contributed by atoms with Gasteiger partial charge in [-0.25, -0.2) is 13.2 Å². The molecule has 4 amide bonds.